The summed E-state index contributed by atoms with van der Waals surface area (Å²) in [5.74, 6) is -0.0625. The summed E-state index contributed by atoms with van der Waals surface area (Å²) in [5, 5.41) is 13.3. The molecule has 0 spiro atoms. The molecule has 7 aromatic rings. The number of carbonyl (C=O) groups excluding carboxylic acids is 1. The van der Waals surface area contributed by atoms with Crippen LogP contribution < -0.4 is 0 Å². The fourth-order valence-corrected chi connectivity index (χ4v) is 7.28. The zero-order valence-corrected chi connectivity index (χ0v) is 24.8. The Bertz CT molecular complexity index is 1980. The van der Waals surface area contributed by atoms with E-state index < -0.39 is 0 Å². The van der Waals surface area contributed by atoms with Gasteiger partial charge in [0.2, 0.25) is 0 Å². The fraction of sp³-hybridized carbons (Fsp3) is 0.0625. The number of para-hydroxylation sites is 2. The minimum atomic E-state index is -0.125. The summed E-state index contributed by atoms with van der Waals surface area (Å²) in [7, 11) is 0. The van der Waals surface area contributed by atoms with E-state index in [1.54, 1.807) is 0 Å². The third-order valence-corrected chi connectivity index (χ3v) is 8.63. The van der Waals surface area contributed by atoms with Gasteiger partial charge in [-0.3, -0.25) is 4.79 Å². The van der Waals surface area contributed by atoms with Crippen LogP contribution in [-0.4, -0.2) is 34.9 Å². The number of carbonyl (C=O) groups is 1. The van der Waals surface area contributed by atoms with Crippen LogP contribution in [0.3, 0.4) is 0 Å². The summed E-state index contributed by atoms with van der Waals surface area (Å²) in [6.45, 7) is 2.85. The monoisotopic (exact) mass is 740 g/mol. The molecule has 0 amide bonds. The average Bonchev–Trinajstić information content (AvgIpc) is 3.23. The number of rotatable bonds is 2. The van der Waals surface area contributed by atoms with Crippen LogP contribution in [0.15, 0.2) is 103 Å². The van der Waals surface area contributed by atoms with Gasteiger partial charge in [-0.1, -0.05) is 0 Å². The number of aliphatic hydroxyl groups excluding tert-OH is 1. The van der Waals surface area contributed by atoms with Crippen molar-refractivity contribution in [2.45, 2.75) is 13.8 Å². The molecule has 1 radical (unpaired) electrons. The fourth-order valence-electron chi connectivity index (χ4n) is 4.90. The predicted molar refractivity (Wildman–Crippen MR) is 154 cm³/mol. The van der Waals surface area contributed by atoms with Crippen LogP contribution in [0, 0.1) is 6.07 Å². The number of benzene rings is 4. The van der Waals surface area contributed by atoms with Gasteiger partial charge in [0.1, 0.15) is 0 Å². The second-order valence-corrected chi connectivity index (χ2v) is 11.2. The van der Waals surface area contributed by atoms with Gasteiger partial charge in [-0.2, -0.15) is 0 Å². The van der Waals surface area contributed by atoms with E-state index in [-0.39, 0.29) is 31.6 Å². The van der Waals surface area contributed by atoms with E-state index in [1.807, 2.05) is 0 Å². The van der Waals surface area contributed by atoms with Gasteiger partial charge in [-0.15, -0.1) is 0 Å². The van der Waals surface area contributed by atoms with Crippen molar-refractivity contribution in [1.82, 2.24) is 9.55 Å². The van der Waals surface area contributed by atoms with Crippen molar-refractivity contribution < 1.29 is 30.0 Å². The molecule has 1 N–H and O–H groups in total. The zero-order valence-electron chi connectivity index (χ0n) is 20.7. The second-order valence-electron chi connectivity index (χ2n) is 8.96. The second kappa shape index (κ2) is 10.7. The molecular weight excluding hydrogens is 716 g/mol. The Morgan fingerprint density at radius 1 is 0.895 bits per heavy atom. The van der Waals surface area contributed by atoms with E-state index in [4.69, 9.17) is 10.1 Å². The van der Waals surface area contributed by atoms with Crippen molar-refractivity contribution in [2.75, 3.05) is 0 Å². The number of aromatic nitrogens is 2. The molecule has 189 valence electrons. The van der Waals surface area contributed by atoms with Crippen LogP contribution in [-0.2, 0) is 24.9 Å². The maximum absolute atomic E-state index is 10.0. The van der Waals surface area contributed by atoms with Gasteiger partial charge in [0.05, 0.1) is 5.76 Å². The molecule has 0 atom stereocenters. The Kier molecular flexibility index (Phi) is 7.34. The summed E-state index contributed by atoms with van der Waals surface area (Å²) in [6, 6.07) is 35.9. The van der Waals surface area contributed by atoms with Gasteiger partial charge in [-0.25, -0.2) is 0 Å². The topological polar surface area (TPSA) is 55.1 Å². The normalized spacial score (nSPS) is 11.6. The van der Waals surface area contributed by atoms with Crippen molar-refractivity contribution in [3.05, 3.63) is 109 Å². The first-order chi connectivity index (χ1) is 18.0. The van der Waals surface area contributed by atoms with E-state index >= 15 is 0 Å². The number of aliphatic hydroxyl groups is 1. The van der Waals surface area contributed by atoms with Crippen LogP contribution >= 0.6 is 0 Å². The molecule has 0 fully saturated rings. The first-order valence-electron chi connectivity index (χ1n) is 12.0. The molecule has 7 rings (SSSR count). The summed E-state index contributed by atoms with van der Waals surface area (Å²) in [4.78, 5) is 15.2. The number of allylic oxidation sites excluding steroid dienone is 2. The van der Waals surface area contributed by atoms with Crippen molar-refractivity contribution >= 4 is 72.4 Å². The quantitative estimate of drug-likeness (QED) is 0.0865. The molecule has 38 heavy (non-hydrogen) atoms. The van der Waals surface area contributed by atoms with Gasteiger partial charge >= 0.3 is 179 Å². The van der Waals surface area contributed by atoms with E-state index in [1.165, 1.54) is 44.7 Å². The molecule has 0 aliphatic carbocycles. The number of nitrogens with zero attached hydrogens (tertiary/aromatic N) is 2. The molecule has 0 aliphatic rings. The van der Waals surface area contributed by atoms with Crippen LogP contribution in [0.2, 0.25) is 0 Å². The number of pyridine rings is 1. The summed E-state index contributed by atoms with van der Waals surface area (Å²) in [5.41, 5.74) is 5.52. The molecule has 3 aromatic heterocycles. The zero-order chi connectivity index (χ0) is 25.5. The number of hydrogen-bond donors (Lipinski definition) is 1. The molecule has 0 bridgehead atoms. The van der Waals surface area contributed by atoms with Crippen molar-refractivity contribution in [3.63, 3.8) is 0 Å². The molecular formula is C32H23IrN2O2Se-. The van der Waals surface area contributed by atoms with Gasteiger partial charge in [0.25, 0.3) is 0 Å². The molecule has 6 heteroatoms. The van der Waals surface area contributed by atoms with E-state index in [0.717, 1.165) is 33.0 Å². The molecule has 0 saturated heterocycles. The van der Waals surface area contributed by atoms with Crippen molar-refractivity contribution in [3.8, 4) is 5.69 Å². The number of fused-ring (bicyclic) bond motifs is 3. The van der Waals surface area contributed by atoms with Crippen molar-refractivity contribution in [2.24, 2.45) is 0 Å². The van der Waals surface area contributed by atoms with E-state index in [9.17, 15) is 4.79 Å². The van der Waals surface area contributed by atoms with Crippen LogP contribution in [0.4, 0.5) is 0 Å². The maximum atomic E-state index is 10.0. The Hall–Kier alpha value is -3.53. The Morgan fingerprint density at radius 2 is 1.63 bits per heavy atom. The Morgan fingerprint density at radius 3 is 2.37 bits per heavy atom. The SMILES string of the molecule is CC(=O)/C=C(/C)O.[Ir].[c-]1ccc2[se]c3cccc4c3c2c1c1nc2ccccc2cc1n4-c1ccccc1. The summed E-state index contributed by atoms with van der Waals surface area (Å²) in [6.07, 6.45) is 1.17. The minimum absolute atomic E-state index is 0. The first kappa shape index (κ1) is 26.1. The third kappa shape index (κ3) is 4.62. The molecule has 0 unspecified atom stereocenters. The first-order valence-corrected chi connectivity index (χ1v) is 13.7. The molecule has 0 saturated carbocycles. The van der Waals surface area contributed by atoms with E-state index in [2.05, 4.69) is 102 Å². The van der Waals surface area contributed by atoms with Crippen molar-refractivity contribution in [1.29, 1.82) is 0 Å². The molecule has 4 nitrogen and oxygen atoms in total. The summed E-state index contributed by atoms with van der Waals surface area (Å²) < 4.78 is 5.25. The molecule has 4 aromatic carbocycles. The van der Waals surface area contributed by atoms with Gasteiger partial charge in [0.15, 0.2) is 5.78 Å². The van der Waals surface area contributed by atoms with Gasteiger partial charge in [-0.05, 0) is 13.8 Å². The Balaban J connectivity index is 0.000000329. The number of ketones is 1. The van der Waals surface area contributed by atoms with Crippen LogP contribution in [0.1, 0.15) is 13.8 Å². The van der Waals surface area contributed by atoms with Crippen LogP contribution in [0.5, 0.6) is 0 Å². The van der Waals surface area contributed by atoms with Gasteiger partial charge < -0.3 is 5.11 Å². The number of hydrogen-bond acceptors (Lipinski definition) is 3. The predicted octanol–water partition coefficient (Wildman–Crippen LogP) is 7.53. The third-order valence-electron chi connectivity index (χ3n) is 6.28. The molecule has 0 aliphatic heterocycles. The molecule has 3 heterocycles. The standard InChI is InChI=1S/C27H15N2Se.C5H8O2.Ir/c1-2-9-18(10-3-1)29-21-13-7-15-24-26(21)25-19(11-6-14-23(25)30-24)27-22(29)16-17-8-4-5-12-20(17)28-27;1-4(6)3-5(2)7;/h1-10,12-16H;3,6H,1-2H3;/q-1;;/b;4-3-;. The Labute approximate surface area is 239 Å². The average molecular weight is 739 g/mol. The van der Waals surface area contributed by atoms with Gasteiger partial charge in [0, 0.05) is 26.2 Å². The summed E-state index contributed by atoms with van der Waals surface area (Å²) >= 11 is 0.307. The van der Waals surface area contributed by atoms with Crippen LogP contribution in [0.25, 0.3) is 57.8 Å². The van der Waals surface area contributed by atoms with E-state index in [0.29, 0.717) is 14.5 Å².